The molecule has 1 N–H and O–H groups in total. The van der Waals surface area contributed by atoms with Crippen molar-refractivity contribution in [2.24, 2.45) is 0 Å². The summed E-state index contributed by atoms with van der Waals surface area (Å²) in [7, 11) is 1.57. The number of benzene rings is 1. The Morgan fingerprint density at radius 1 is 1.53 bits per heavy atom. The molecule has 2 aromatic rings. The van der Waals surface area contributed by atoms with Crippen LogP contribution in [0, 0.1) is 0 Å². The highest BCUT2D eigenvalue weighted by Gasteiger charge is 2.09. The molecular formula is C13H10ClNO3S. The zero-order valence-corrected chi connectivity index (χ0v) is 11.5. The minimum absolute atomic E-state index is 0.544. The van der Waals surface area contributed by atoms with Gasteiger partial charge in [0.25, 0.3) is 0 Å². The molecule has 0 unspecified atom stereocenters. The van der Waals surface area contributed by atoms with E-state index in [9.17, 15) is 4.79 Å². The van der Waals surface area contributed by atoms with Crippen LogP contribution in [0.1, 0.15) is 4.88 Å². The number of hydrogen-bond donors (Lipinski definition) is 1. The zero-order chi connectivity index (χ0) is 13.8. The van der Waals surface area contributed by atoms with E-state index in [1.54, 1.807) is 25.4 Å². The molecule has 19 heavy (non-hydrogen) atoms. The van der Waals surface area contributed by atoms with Crippen LogP contribution >= 0.6 is 22.9 Å². The molecule has 4 nitrogen and oxygen atoms in total. The number of rotatable bonds is 4. The molecule has 0 bridgehead atoms. The number of carboxylic acid groups (broad SMARTS) is 1. The molecule has 1 heterocycles. The maximum Gasteiger partial charge on any atom is 0.328 e. The Labute approximate surface area is 118 Å². The number of carbonyl (C=O) groups is 1. The average Bonchev–Trinajstić information content (AvgIpc) is 2.84. The van der Waals surface area contributed by atoms with E-state index in [1.165, 1.54) is 17.4 Å². The van der Waals surface area contributed by atoms with Crippen molar-refractivity contribution in [3.8, 4) is 16.3 Å². The fourth-order valence-electron chi connectivity index (χ4n) is 1.44. The zero-order valence-electron chi connectivity index (χ0n) is 9.96. The highest BCUT2D eigenvalue weighted by atomic mass is 35.5. The van der Waals surface area contributed by atoms with E-state index < -0.39 is 5.97 Å². The molecule has 0 saturated carbocycles. The van der Waals surface area contributed by atoms with Gasteiger partial charge in [-0.25, -0.2) is 9.78 Å². The predicted molar refractivity (Wildman–Crippen MR) is 75.8 cm³/mol. The van der Waals surface area contributed by atoms with Crippen LogP contribution in [0.25, 0.3) is 16.6 Å². The number of hydrogen-bond acceptors (Lipinski definition) is 4. The third-order valence-electron chi connectivity index (χ3n) is 2.32. The molecular weight excluding hydrogens is 286 g/mol. The largest absolute Gasteiger partial charge is 0.497 e. The Balaban J connectivity index is 2.30. The molecule has 0 amide bonds. The van der Waals surface area contributed by atoms with Crippen LogP contribution in [0.5, 0.6) is 5.75 Å². The molecule has 0 aliphatic heterocycles. The van der Waals surface area contributed by atoms with Gasteiger partial charge in [-0.3, -0.25) is 0 Å². The van der Waals surface area contributed by atoms with Crippen molar-refractivity contribution >= 4 is 35.0 Å². The number of methoxy groups -OCH3 is 1. The van der Waals surface area contributed by atoms with Crippen molar-refractivity contribution in [1.82, 2.24) is 4.98 Å². The van der Waals surface area contributed by atoms with E-state index in [2.05, 4.69) is 4.98 Å². The van der Waals surface area contributed by atoms with Gasteiger partial charge in [0.05, 0.1) is 12.1 Å². The highest BCUT2D eigenvalue weighted by molar-refractivity contribution is 7.15. The summed E-state index contributed by atoms with van der Waals surface area (Å²) in [5.74, 6) is -0.311. The van der Waals surface area contributed by atoms with Gasteiger partial charge in [0, 0.05) is 22.7 Å². The summed E-state index contributed by atoms with van der Waals surface area (Å²) in [6.45, 7) is 0. The molecule has 1 aromatic carbocycles. The monoisotopic (exact) mass is 295 g/mol. The molecule has 0 aliphatic carbocycles. The number of halogens is 1. The van der Waals surface area contributed by atoms with E-state index in [1.807, 2.05) is 6.07 Å². The van der Waals surface area contributed by atoms with Gasteiger partial charge in [-0.1, -0.05) is 11.6 Å². The predicted octanol–water partition coefficient (Wildman–Crippen LogP) is 3.57. The minimum Gasteiger partial charge on any atom is -0.497 e. The van der Waals surface area contributed by atoms with Crippen LogP contribution in [0.3, 0.4) is 0 Å². The lowest BCUT2D eigenvalue weighted by molar-refractivity contribution is -0.131. The van der Waals surface area contributed by atoms with E-state index in [-0.39, 0.29) is 0 Å². The highest BCUT2D eigenvalue weighted by Crippen LogP contribution is 2.33. The van der Waals surface area contributed by atoms with Gasteiger partial charge in [-0.05, 0) is 24.3 Å². The average molecular weight is 296 g/mol. The Kier molecular flexibility index (Phi) is 4.19. The Bertz CT molecular complexity index is 637. The van der Waals surface area contributed by atoms with Gasteiger partial charge in [0.1, 0.15) is 10.8 Å². The second kappa shape index (κ2) is 5.86. The maximum atomic E-state index is 10.4. The van der Waals surface area contributed by atoms with E-state index in [0.717, 1.165) is 21.5 Å². The van der Waals surface area contributed by atoms with Gasteiger partial charge in [0.2, 0.25) is 0 Å². The lowest BCUT2D eigenvalue weighted by Gasteiger charge is -2.03. The third-order valence-corrected chi connectivity index (χ3v) is 3.63. The van der Waals surface area contributed by atoms with Crippen molar-refractivity contribution in [1.29, 1.82) is 0 Å². The fourth-order valence-corrected chi connectivity index (χ4v) is 2.61. The van der Waals surface area contributed by atoms with Crippen molar-refractivity contribution < 1.29 is 14.6 Å². The molecule has 98 valence electrons. The molecule has 0 saturated heterocycles. The fraction of sp³-hybridized carbons (Fsp3) is 0.0769. The molecule has 0 aliphatic rings. The quantitative estimate of drug-likeness (QED) is 0.876. The summed E-state index contributed by atoms with van der Waals surface area (Å²) in [6, 6.07) is 5.34. The lowest BCUT2D eigenvalue weighted by atomic mass is 10.2. The van der Waals surface area contributed by atoms with E-state index >= 15 is 0 Å². The molecule has 0 fully saturated rings. The smallest absolute Gasteiger partial charge is 0.328 e. The normalized spacial score (nSPS) is 10.8. The number of aromatic nitrogens is 1. The lowest BCUT2D eigenvalue weighted by Crippen LogP contribution is -1.84. The second-order valence-corrected chi connectivity index (χ2v) is 5.05. The third kappa shape index (κ3) is 3.33. The summed E-state index contributed by atoms with van der Waals surface area (Å²) in [6.07, 6.45) is 4.19. The maximum absolute atomic E-state index is 10.4. The van der Waals surface area contributed by atoms with Crippen molar-refractivity contribution in [2.45, 2.75) is 0 Å². The summed E-state index contributed by atoms with van der Waals surface area (Å²) in [4.78, 5) is 15.4. The Hall–Kier alpha value is -1.85. The van der Waals surface area contributed by atoms with Crippen LogP contribution in [0.2, 0.25) is 5.02 Å². The van der Waals surface area contributed by atoms with Gasteiger partial charge in [-0.15, -0.1) is 11.3 Å². The number of aliphatic carboxylic acids is 1. The topological polar surface area (TPSA) is 59.4 Å². The number of thiazole rings is 1. The van der Waals surface area contributed by atoms with Crippen LogP contribution in [-0.4, -0.2) is 23.2 Å². The number of ether oxygens (including phenoxy) is 1. The van der Waals surface area contributed by atoms with Gasteiger partial charge < -0.3 is 9.84 Å². The number of nitrogens with zero attached hydrogens (tertiary/aromatic N) is 1. The molecule has 0 radical (unpaired) electrons. The van der Waals surface area contributed by atoms with Gasteiger partial charge in [-0.2, -0.15) is 0 Å². The Morgan fingerprint density at radius 3 is 2.95 bits per heavy atom. The van der Waals surface area contributed by atoms with Crippen LogP contribution < -0.4 is 4.74 Å². The minimum atomic E-state index is -0.988. The first-order valence-corrected chi connectivity index (χ1v) is 6.50. The molecule has 2 rings (SSSR count). The van der Waals surface area contributed by atoms with Crippen LogP contribution in [0.4, 0.5) is 0 Å². The molecule has 6 heteroatoms. The Morgan fingerprint density at radius 2 is 2.32 bits per heavy atom. The SMILES string of the molecule is COc1ccc(-c2ncc(/C=C/C(=O)O)s2)c(Cl)c1. The summed E-state index contributed by atoms with van der Waals surface area (Å²) in [5, 5.41) is 9.84. The summed E-state index contributed by atoms with van der Waals surface area (Å²) in [5.41, 5.74) is 0.794. The first kappa shape index (κ1) is 13.6. The van der Waals surface area contributed by atoms with Crippen LogP contribution in [0.15, 0.2) is 30.5 Å². The molecule has 1 aromatic heterocycles. The number of carboxylic acids is 1. The van der Waals surface area contributed by atoms with Crippen molar-refractivity contribution in [3.63, 3.8) is 0 Å². The van der Waals surface area contributed by atoms with Gasteiger partial charge in [0.15, 0.2) is 0 Å². The first-order valence-electron chi connectivity index (χ1n) is 5.31. The van der Waals surface area contributed by atoms with Crippen molar-refractivity contribution in [3.05, 3.63) is 40.4 Å². The molecule has 0 atom stereocenters. The standard InChI is InChI=1S/C13H10ClNO3S/c1-18-8-2-4-10(11(14)6-8)13-15-7-9(19-13)3-5-12(16)17/h2-7H,1H3,(H,16,17)/b5-3+. The molecule has 0 spiro atoms. The van der Waals surface area contributed by atoms with Crippen LogP contribution in [-0.2, 0) is 4.79 Å². The van der Waals surface area contributed by atoms with Gasteiger partial charge >= 0.3 is 5.97 Å². The summed E-state index contributed by atoms with van der Waals surface area (Å²) >= 11 is 7.52. The second-order valence-electron chi connectivity index (χ2n) is 3.59. The van der Waals surface area contributed by atoms with E-state index in [4.69, 9.17) is 21.4 Å². The summed E-state index contributed by atoms with van der Waals surface area (Å²) < 4.78 is 5.08. The first-order chi connectivity index (χ1) is 9.10. The van der Waals surface area contributed by atoms with E-state index in [0.29, 0.717) is 10.8 Å². The van der Waals surface area contributed by atoms with Crippen molar-refractivity contribution in [2.75, 3.05) is 7.11 Å².